The van der Waals surface area contributed by atoms with Crippen LogP contribution < -0.4 is 4.74 Å². The first-order valence-corrected chi connectivity index (χ1v) is 9.41. The maximum atomic E-state index is 12.7. The molecule has 0 saturated heterocycles. The Morgan fingerprint density at radius 2 is 2.00 bits per heavy atom. The monoisotopic (exact) mass is 429 g/mol. The number of hydrogen-bond acceptors (Lipinski definition) is 5. The standard InChI is InChI=1S/C20H20BrN3O3/c1-3-17(26-16-10-5-4-6-11-16)20(25)24(2)13-18-22-19(23-27-18)14-8-7-9-15(21)12-14/h4-12,17H,3,13H2,1-2H3/t17-/m0/s1. The van der Waals surface area contributed by atoms with Crippen LogP contribution in [0.4, 0.5) is 0 Å². The molecule has 7 heteroatoms. The fourth-order valence-electron chi connectivity index (χ4n) is 2.56. The molecule has 3 aromatic rings. The first kappa shape index (κ1) is 19.1. The van der Waals surface area contributed by atoms with Gasteiger partial charge in [-0.25, -0.2) is 0 Å². The highest BCUT2D eigenvalue weighted by molar-refractivity contribution is 9.10. The van der Waals surface area contributed by atoms with Gasteiger partial charge in [-0.05, 0) is 30.7 Å². The lowest BCUT2D eigenvalue weighted by atomic mass is 10.2. The van der Waals surface area contributed by atoms with Crippen molar-refractivity contribution in [3.8, 4) is 17.1 Å². The molecule has 1 atom stereocenters. The van der Waals surface area contributed by atoms with Crippen molar-refractivity contribution in [2.24, 2.45) is 0 Å². The molecule has 140 valence electrons. The third-order valence-corrected chi connectivity index (χ3v) is 4.46. The SMILES string of the molecule is CC[C@H](Oc1ccccc1)C(=O)N(C)Cc1nc(-c2cccc(Br)c2)no1. The van der Waals surface area contributed by atoms with Gasteiger partial charge in [-0.2, -0.15) is 4.98 Å². The first-order valence-electron chi connectivity index (χ1n) is 8.62. The molecular weight excluding hydrogens is 410 g/mol. The number of amides is 1. The van der Waals surface area contributed by atoms with E-state index in [1.165, 1.54) is 4.90 Å². The third kappa shape index (κ3) is 4.95. The predicted octanol–water partition coefficient (Wildman–Crippen LogP) is 4.32. The summed E-state index contributed by atoms with van der Waals surface area (Å²) in [5.41, 5.74) is 0.840. The molecule has 0 aliphatic carbocycles. The predicted molar refractivity (Wildman–Crippen MR) is 105 cm³/mol. The number of carbonyl (C=O) groups excluding carboxylic acids is 1. The summed E-state index contributed by atoms with van der Waals surface area (Å²) < 4.78 is 12.0. The molecule has 1 amide bonds. The van der Waals surface area contributed by atoms with Gasteiger partial charge in [-0.1, -0.05) is 58.3 Å². The van der Waals surface area contributed by atoms with Crippen molar-refractivity contribution in [1.29, 1.82) is 0 Å². The van der Waals surface area contributed by atoms with E-state index in [-0.39, 0.29) is 12.5 Å². The van der Waals surface area contributed by atoms with Gasteiger partial charge < -0.3 is 14.2 Å². The first-order chi connectivity index (χ1) is 13.1. The number of halogens is 1. The molecule has 0 N–H and O–H groups in total. The Morgan fingerprint density at radius 3 is 2.70 bits per heavy atom. The summed E-state index contributed by atoms with van der Waals surface area (Å²) >= 11 is 3.42. The van der Waals surface area contributed by atoms with E-state index >= 15 is 0 Å². The highest BCUT2D eigenvalue weighted by Crippen LogP contribution is 2.21. The van der Waals surface area contributed by atoms with Crippen molar-refractivity contribution < 1.29 is 14.1 Å². The van der Waals surface area contributed by atoms with Crippen molar-refractivity contribution in [3.05, 3.63) is 65.0 Å². The number of hydrogen-bond donors (Lipinski definition) is 0. The van der Waals surface area contributed by atoms with Crippen LogP contribution in [0.25, 0.3) is 11.4 Å². The van der Waals surface area contributed by atoms with E-state index in [4.69, 9.17) is 9.26 Å². The van der Waals surface area contributed by atoms with Gasteiger partial charge in [0.1, 0.15) is 5.75 Å². The van der Waals surface area contributed by atoms with Crippen molar-refractivity contribution in [2.45, 2.75) is 26.0 Å². The van der Waals surface area contributed by atoms with Crippen LogP contribution in [0.3, 0.4) is 0 Å². The van der Waals surface area contributed by atoms with Gasteiger partial charge in [0.15, 0.2) is 6.10 Å². The summed E-state index contributed by atoms with van der Waals surface area (Å²) in [5, 5.41) is 4.00. The molecule has 1 heterocycles. The average Bonchev–Trinajstić information content (AvgIpc) is 3.15. The number of aromatic nitrogens is 2. The number of ether oxygens (including phenoxy) is 1. The molecule has 0 unspecified atom stereocenters. The lowest BCUT2D eigenvalue weighted by Gasteiger charge is -2.22. The number of likely N-dealkylation sites (N-methyl/N-ethyl adjacent to an activating group) is 1. The van der Waals surface area contributed by atoms with Gasteiger partial charge in [0.05, 0.1) is 6.54 Å². The van der Waals surface area contributed by atoms with Crippen LogP contribution in [0.5, 0.6) is 5.75 Å². The van der Waals surface area contributed by atoms with Gasteiger partial charge >= 0.3 is 0 Å². The zero-order valence-electron chi connectivity index (χ0n) is 15.1. The van der Waals surface area contributed by atoms with Gasteiger partial charge in [0.25, 0.3) is 5.91 Å². The fourth-order valence-corrected chi connectivity index (χ4v) is 2.96. The van der Waals surface area contributed by atoms with Crippen molar-refractivity contribution in [3.63, 3.8) is 0 Å². The molecule has 0 radical (unpaired) electrons. The summed E-state index contributed by atoms with van der Waals surface area (Å²) in [6.45, 7) is 2.13. The molecule has 27 heavy (non-hydrogen) atoms. The third-order valence-electron chi connectivity index (χ3n) is 3.97. The topological polar surface area (TPSA) is 68.5 Å². The zero-order valence-corrected chi connectivity index (χ0v) is 16.7. The normalized spacial score (nSPS) is 11.8. The number of benzene rings is 2. The average molecular weight is 430 g/mol. The second-order valence-electron chi connectivity index (χ2n) is 6.04. The molecule has 1 aromatic heterocycles. The van der Waals surface area contributed by atoms with Crippen LogP contribution in [-0.4, -0.2) is 34.1 Å². The molecular formula is C20H20BrN3O3. The van der Waals surface area contributed by atoms with Crippen molar-refractivity contribution >= 4 is 21.8 Å². The van der Waals surface area contributed by atoms with E-state index in [1.54, 1.807) is 7.05 Å². The van der Waals surface area contributed by atoms with Gasteiger partial charge in [-0.3, -0.25) is 4.79 Å². The molecule has 2 aromatic carbocycles. The maximum absolute atomic E-state index is 12.7. The molecule has 3 rings (SSSR count). The summed E-state index contributed by atoms with van der Waals surface area (Å²) in [6, 6.07) is 16.9. The van der Waals surface area contributed by atoms with E-state index < -0.39 is 6.10 Å². The molecule has 0 fully saturated rings. The van der Waals surface area contributed by atoms with Gasteiger partial charge in [0.2, 0.25) is 11.7 Å². The van der Waals surface area contributed by atoms with E-state index in [0.717, 1.165) is 10.0 Å². The Labute approximate surface area is 166 Å². The van der Waals surface area contributed by atoms with Crippen molar-refractivity contribution in [2.75, 3.05) is 7.05 Å². The van der Waals surface area contributed by atoms with E-state index in [2.05, 4.69) is 26.1 Å². The lowest BCUT2D eigenvalue weighted by Crippen LogP contribution is -2.39. The van der Waals surface area contributed by atoms with Gasteiger partial charge in [0, 0.05) is 17.1 Å². The molecule has 0 bridgehead atoms. The van der Waals surface area contributed by atoms with E-state index in [1.807, 2.05) is 61.5 Å². The molecule has 6 nitrogen and oxygen atoms in total. The minimum Gasteiger partial charge on any atom is -0.481 e. The van der Waals surface area contributed by atoms with Crippen LogP contribution in [0.1, 0.15) is 19.2 Å². The Hall–Kier alpha value is -2.67. The zero-order chi connectivity index (χ0) is 19.2. The molecule has 0 saturated carbocycles. The second-order valence-corrected chi connectivity index (χ2v) is 6.96. The highest BCUT2D eigenvalue weighted by Gasteiger charge is 2.24. The van der Waals surface area contributed by atoms with Crippen LogP contribution in [0.2, 0.25) is 0 Å². The van der Waals surface area contributed by atoms with E-state index in [0.29, 0.717) is 23.9 Å². The summed E-state index contributed by atoms with van der Waals surface area (Å²) in [4.78, 5) is 18.6. The van der Waals surface area contributed by atoms with Crippen LogP contribution >= 0.6 is 15.9 Å². The van der Waals surface area contributed by atoms with Crippen LogP contribution in [0.15, 0.2) is 63.6 Å². The summed E-state index contributed by atoms with van der Waals surface area (Å²) in [7, 11) is 1.70. The Kier molecular flexibility index (Phi) is 6.24. The van der Waals surface area contributed by atoms with Crippen molar-refractivity contribution in [1.82, 2.24) is 15.0 Å². The Morgan fingerprint density at radius 1 is 1.22 bits per heavy atom. The Balaban J connectivity index is 1.65. The molecule has 0 aliphatic rings. The maximum Gasteiger partial charge on any atom is 0.263 e. The number of nitrogens with zero attached hydrogens (tertiary/aromatic N) is 3. The second kappa shape index (κ2) is 8.81. The smallest absolute Gasteiger partial charge is 0.263 e. The van der Waals surface area contributed by atoms with Gasteiger partial charge in [-0.15, -0.1) is 0 Å². The quantitative estimate of drug-likeness (QED) is 0.559. The van der Waals surface area contributed by atoms with Crippen LogP contribution in [0, 0.1) is 0 Å². The highest BCUT2D eigenvalue weighted by atomic mass is 79.9. The van der Waals surface area contributed by atoms with Crippen LogP contribution in [-0.2, 0) is 11.3 Å². The molecule has 0 spiro atoms. The number of rotatable bonds is 7. The summed E-state index contributed by atoms with van der Waals surface area (Å²) in [6.07, 6.45) is -0.00423. The largest absolute Gasteiger partial charge is 0.481 e. The summed E-state index contributed by atoms with van der Waals surface area (Å²) in [5.74, 6) is 1.39. The molecule has 0 aliphatic heterocycles. The Bertz CT molecular complexity index is 898. The fraction of sp³-hybridized carbons (Fsp3) is 0.250. The number of para-hydroxylation sites is 1. The number of carbonyl (C=O) groups is 1. The van der Waals surface area contributed by atoms with E-state index in [9.17, 15) is 4.79 Å². The lowest BCUT2D eigenvalue weighted by molar-refractivity contribution is -0.138. The minimum atomic E-state index is -0.565. The minimum absolute atomic E-state index is 0.136.